The van der Waals surface area contributed by atoms with Crippen LogP contribution in [-0.4, -0.2) is 48.1 Å². The molecule has 3 rings (SSSR count). The average Bonchev–Trinajstić information content (AvgIpc) is 2.92. The number of esters is 1. The zero-order chi connectivity index (χ0) is 14.8. The van der Waals surface area contributed by atoms with Gasteiger partial charge in [-0.3, -0.25) is 4.90 Å². The zero-order valence-corrected chi connectivity index (χ0v) is 12.3. The zero-order valence-electron chi connectivity index (χ0n) is 12.3. The van der Waals surface area contributed by atoms with Gasteiger partial charge in [0.25, 0.3) is 0 Å². The number of piperidine rings is 1. The molecule has 0 radical (unpaired) electrons. The molecule has 2 atom stereocenters. The number of anilines is 2. The number of hydrogen-bond donors (Lipinski definition) is 2. The molecule has 2 saturated heterocycles. The molecule has 0 spiro atoms. The first-order valence-electron chi connectivity index (χ1n) is 7.53. The highest BCUT2D eigenvalue weighted by atomic mass is 16.5. The summed E-state index contributed by atoms with van der Waals surface area (Å²) in [4.78, 5) is 18.5. The Bertz CT molecular complexity index is 534. The van der Waals surface area contributed by atoms with Crippen molar-refractivity contribution in [3.05, 3.63) is 17.8 Å². The van der Waals surface area contributed by atoms with Gasteiger partial charge in [0, 0.05) is 18.6 Å². The fourth-order valence-corrected chi connectivity index (χ4v) is 3.44. The molecule has 0 saturated carbocycles. The molecule has 2 fully saturated rings. The van der Waals surface area contributed by atoms with Crippen LogP contribution in [0.5, 0.6) is 0 Å². The molecule has 1 aromatic rings. The molecule has 21 heavy (non-hydrogen) atoms. The van der Waals surface area contributed by atoms with E-state index in [2.05, 4.69) is 15.2 Å². The van der Waals surface area contributed by atoms with Crippen LogP contribution in [0.3, 0.4) is 0 Å². The quantitative estimate of drug-likeness (QED) is 0.821. The highest BCUT2D eigenvalue weighted by Gasteiger charge is 2.35. The molecule has 2 aliphatic rings. The number of nitrogens with zero attached hydrogens (tertiary/aromatic N) is 2. The number of hydrogen-bond acceptors (Lipinski definition) is 6. The van der Waals surface area contributed by atoms with Gasteiger partial charge in [0.1, 0.15) is 5.82 Å². The minimum Gasteiger partial charge on any atom is -0.465 e. The number of aromatic nitrogens is 1. The van der Waals surface area contributed by atoms with Crippen LogP contribution in [0.25, 0.3) is 0 Å². The smallest absolute Gasteiger partial charge is 0.340 e. The summed E-state index contributed by atoms with van der Waals surface area (Å²) >= 11 is 0. The van der Waals surface area contributed by atoms with Crippen molar-refractivity contribution in [1.82, 2.24) is 9.88 Å². The number of rotatable bonds is 3. The molecular weight excluding hydrogens is 268 g/mol. The normalized spacial score (nSPS) is 25.4. The van der Waals surface area contributed by atoms with E-state index in [0.29, 0.717) is 29.2 Å². The summed E-state index contributed by atoms with van der Waals surface area (Å²) in [5, 5.41) is 3.47. The predicted molar refractivity (Wildman–Crippen MR) is 81.2 cm³/mol. The minimum absolute atomic E-state index is 0.345. The topological polar surface area (TPSA) is 80.5 Å². The number of carbonyl (C=O) groups is 1. The Morgan fingerprint density at radius 1 is 1.43 bits per heavy atom. The molecule has 2 aliphatic heterocycles. The highest BCUT2D eigenvalue weighted by Crippen LogP contribution is 2.29. The standard InChI is InChI=1S/C15H22N4O2/c1-21-15(20)10-8-14(17-9-11(10)16)18-12-5-7-19-6-3-2-4-13(12)19/h8-9,12-13H,2-7,16H2,1H3,(H,17,18). The fraction of sp³-hybridized carbons (Fsp3) is 0.600. The molecule has 0 aliphatic carbocycles. The molecule has 2 unspecified atom stereocenters. The Morgan fingerprint density at radius 3 is 3.10 bits per heavy atom. The maximum absolute atomic E-state index is 11.7. The number of ether oxygens (including phenoxy) is 1. The van der Waals surface area contributed by atoms with Crippen molar-refractivity contribution in [3.63, 3.8) is 0 Å². The van der Waals surface area contributed by atoms with Crippen LogP contribution >= 0.6 is 0 Å². The summed E-state index contributed by atoms with van der Waals surface area (Å²) < 4.78 is 4.75. The SMILES string of the molecule is COC(=O)c1cc(NC2CCN3CCCCC23)ncc1N. The molecule has 6 nitrogen and oxygen atoms in total. The number of nitrogens with one attached hydrogen (secondary N) is 1. The van der Waals surface area contributed by atoms with Crippen LogP contribution in [0.4, 0.5) is 11.5 Å². The molecule has 6 heteroatoms. The first kappa shape index (κ1) is 14.1. The van der Waals surface area contributed by atoms with E-state index in [1.54, 1.807) is 6.07 Å². The maximum Gasteiger partial charge on any atom is 0.340 e. The van der Waals surface area contributed by atoms with E-state index in [4.69, 9.17) is 10.5 Å². The van der Waals surface area contributed by atoms with E-state index < -0.39 is 5.97 Å². The third-order valence-electron chi connectivity index (χ3n) is 4.53. The van der Waals surface area contributed by atoms with E-state index >= 15 is 0 Å². The van der Waals surface area contributed by atoms with Crippen LogP contribution in [0.15, 0.2) is 12.3 Å². The van der Waals surface area contributed by atoms with Crippen molar-refractivity contribution in [2.75, 3.05) is 31.2 Å². The van der Waals surface area contributed by atoms with Crippen molar-refractivity contribution >= 4 is 17.5 Å². The number of fused-ring (bicyclic) bond motifs is 1. The largest absolute Gasteiger partial charge is 0.465 e. The molecule has 0 bridgehead atoms. The lowest BCUT2D eigenvalue weighted by Gasteiger charge is -2.32. The van der Waals surface area contributed by atoms with Gasteiger partial charge < -0.3 is 15.8 Å². The van der Waals surface area contributed by atoms with Gasteiger partial charge in [0.05, 0.1) is 24.6 Å². The van der Waals surface area contributed by atoms with Crippen molar-refractivity contribution in [2.45, 2.75) is 37.8 Å². The van der Waals surface area contributed by atoms with E-state index in [1.807, 2.05) is 0 Å². The van der Waals surface area contributed by atoms with Gasteiger partial charge in [0.2, 0.25) is 0 Å². The van der Waals surface area contributed by atoms with Crippen LogP contribution < -0.4 is 11.1 Å². The summed E-state index contributed by atoms with van der Waals surface area (Å²) in [6.07, 6.45) is 6.46. The third kappa shape index (κ3) is 2.81. The summed E-state index contributed by atoms with van der Waals surface area (Å²) in [5.74, 6) is 0.269. The number of nitrogens with two attached hydrogens (primary N) is 1. The molecule has 0 amide bonds. The van der Waals surface area contributed by atoms with Crippen molar-refractivity contribution < 1.29 is 9.53 Å². The van der Waals surface area contributed by atoms with E-state index in [0.717, 1.165) is 13.0 Å². The van der Waals surface area contributed by atoms with Crippen LogP contribution in [0, 0.1) is 0 Å². The second-order valence-corrected chi connectivity index (χ2v) is 5.79. The number of pyridine rings is 1. The molecule has 0 aromatic carbocycles. The second kappa shape index (κ2) is 5.89. The Balaban J connectivity index is 1.74. The van der Waals surface area contributed by atoms with Gasteiger partial charge in [0.15, 0.2) is 0 Å². The number of nitrogen functional groups attached to an aromatic ring is 1. The van der Waals surface area contributed by atoms with Crippen molar-refractivity contribution in [1.29, 1.82) is 0 Å². The highest BCUT2D eigenvalue weighted by molar-refractivity contribution is 5.95. The lowest BCUT2D eigenvalue weighted by Crippen LogP contribution is -2.41. The van der Waals surface area contributed by atoms with E-state index in [1.165, 1.54) is 39.1 Å². The van der Waals surface area contributed by atoms with Gasteiger partial charge in [-0.25, -0.2) is 9.78 Å². The number of methoxy groups -OCH3 is 1. The lowest BCUT2D eigenvalue weighted by molar-refractivity contribution is 0.0602. The first-order valence-corrected chi connectivity index (χ1v) is 7.53. The molecular formula is C15H22N4O2. The van der Waals surface area contributed by atoms with Crippen LogP contribution in [-0.2, 0) is 4.74 Å². The molecule has 3 N–H and O–H groups in total. The van der Waals surface area contributed by atoms with Crippen LogP contribution in [0.1, 0.15) is 36.0 Å². The van der Waals surface area contributed by atoms with Gasteiger partial charge >= 0.3 is 5.97 Å². The Kier molecular flexibility index (Phi) is 3.96. The monoisotopic (exact) mass is 290 g/mol. The first-order chi connectivity index (χ1) is 10.2. The average molecular weight is 290 g/mol. The second-order valence-electron chi connectivity index (χ2n) is 5.79. The summed E-state index contributed by atoms with van der Waals surface area (Å²) in [6.45, 7) is 2.34. The fourth-order valence-electron chi connectivity index (χ4n) is 3.44. The lowest BCUT2D eigenvalue weighted by atomic mass is 9.99. The third-order valence-corrected chi connectivity index (χ3v) is 4.53. The summed E-state index contributed by atoms with van der Waals surface area (Å²) in [7, 11) is 1.35. The maximum atomic E-state index is 11.7. The van der Waals surface area contributed by atoms with Crippen LogP contribution in [0.2, 0.25) is 0 Å². The minimum atomic E-state index is -0.427. The summed E-state index contributed by atoms with van der Waals surface area (Å²) in [5.41, 5.74) is 6.50. The van der Waals surface area contributed by atoms with Gasteiger partial charge in [-0.05, 0) is 31.9 Å². The molecule has 114 valence electrons. The van der Waals surface area contributed by atoms with Gasteiger partial charge in [-0.1, -0.05) is 6.42 Å². The van der Waals surface area contributed by atoms with Gasteiger partial charge in [-0.15, -0.1) is 0 Å². The Hall–Kier alpha value is -1.82. The Labute approximate surface area is 124 Å². The van der Waals surface area contributed by atoms with Crippen molar-refractivity contribution in [3.8, 4) is 0 Å². The van der Waals surface area contributed by atoms with E-state index in [9.17, 15) is 4.79 Å². The number of carbonyl (C=O) groups excluding carboxylic acids is 1. The summed E-state index contributed by atoms with van der Waals surface area (Å²) in [6, 6.07) is 2.67. The van der Waals surface area contributed by atoms with E-state index in [-0.39, 0.29) is 0 Å². The molecule has 1 aromatic heterocycles. The van der Waals surface area contributed by atoms with Gasteiger partial charge in [-0.2, -0.15) is 0 Å². The molecule has 3 heterocycles. The predicted octanol–water partition coefficient (Wildman–Crippen LogP) is 1.49. The van der Waals surface area contributed by atoms with Crippen molar-refractivity contribution in [2.24, 2.45) is 0 Å². The Morgan fingerprint density at radius 2 is 2.29 bits per heavy atom.